The first-order valence-electron chi connectivity index (χ1n) is 35.7. The van der Waals surface area contributed by atoms with Gasteiger partial charge < -0.3 is 15.5 Å². The summed E-state index contributed by atoms with van der Waals surface area (Å²) in [5, 5.41) is 23.3. The van der Waals surface area contributed by atoms with Gasteiger partial charge in [0.2, 0.25) is 5.91 Å². The summed E-state index contributed by atoms with van der Waals surface area (Å²) in [6.45, 7) is 4.35. The molecule has 4 nitrogen and oxygen atoms in total. The van der Waals surface area contributed by atoms with Gasteiger partial charge in [-0.15, -0.1) is 0 Å². The fraction of sp³-hybridized carbons (Fsp3) is 0.904. The lowest BCUT2D eigenvalue weighted by Crippen LogP contribution is -2.45. The summed E-state index contributed by atoms with van der Waals surface area (Å²) in [6.07, 6.45) is 95.4. The Hall–Kier alpha value is -1.39. The zero-order valence-electron chi connectivity index (χ0n) is 52.8. The first kappa shape index (κ1) is 75.6. The minimum absolute atomic E-state index is 0.0652. The molecule has 77 heavy (non-hydrogen) atoms. The van der Waals surface area contributed by atoms with Crippen molar-refractivity contribution in [2.45, 2.75) is 418 Å². The summed E-state index contributed by atoms with van der Waals surface area (Å²) in [7, 11) is 0. The number of hydrogen-bond acceptors (Lipinski definition) is 3. The van der Waals surface area contributed by atoms with Gasteiger partial charge >= 0.3 is 0 Å². The Bertz CT molecular complexity index is 1180. The van der Waals surface area contributed by atoms with E-state index in [0.717, 1.165) is 32.1 Å². The molecule has 0 fully saturated rings. The van der Waals surface area contributed by atoms with Gasteiger partial charge in [0, 0.05) is 6.42 Å². The number of hydrogen-bond donors (Lipinski definition) is 3. The predicted octanol–water partition coefficient (Wildman–Crippen LogP) is 24.3. The van der Waals surface area contributed by atoms with Gasteiger partial charge in [-0.1, -0.05) is 378 Å². The lowest BCUT2D eigenvalue weighted by atomic mass is 10.0. The molecule has 3 N–H and O–H groups in total. The number of aliphatic hydroxyl groups excluding tert-OH is 2. The van der Waals surface area contributed by atoms with Gasteiger partial charge in [-0.2, -0.15) is 0 Å². The predicted molar refractivity (Wildman–Crippen MR) is 345 cm³/mol. The highest BCUT2D eigenvalue weighted by Gasteiger charge is 2.18. The van der Waals surface area contributed by atoms with Crippen LogP contribution in [0.4, 0.5) is 0 Å². The molecule has 0 aliphatic heterocycles. The van der Waals surface area contributed by atoms with E-state index >= 15 is 0 Å². The third-order valence-corrected chi connectivity index (χ3v) is 16.8. The molecule has 0 aromatic heterocycles. The van der Waals surface area contributed by atoms with E-state index < -0.39 is 12.1 Å². The molecule has 0 aliphatic rings. The molecule has 0 aromatic rings. The molecule has 0 spiro atoms. The summed E-state index contributed by atoms with van der Waals surface area (Å²) in [4.78, 5) is 12.5. The number of aliphatic hydroxyl groups is 2. The summed E-state index contributed by atoms with van der Waals surface area (Å²) < 4.78 is 0. The molecule has 2 atom stereocenters. The second-order valence-corrected chi connectivity index (χ2v) is 24.6. The zero-order chi connectivity index (χ0) is 55.5. The number of carbonyl (C=O) groups is 1. The second kappa shape index (κ2) is 68.9. The largest absolute Gasteiger partial charge is 0.394 e. The van der Waals surface area contributed by atoms with E-state index in [9.17, 15) is 15.0 Å². The van der Waals surface area contributed by atoms with Crippen LogP contribution in [0.3, 0.4) is 0 Å². The van der Waals surface area contributed by atoms with Crippen LogP contribution >= 0.6 is 0 Å². The summed E-state index contributed by atoms with van der Waals surface area (Å²) in [6, 6.07) is -0.639. The van der Waals surface area contributed by atoms with Crippen molar-refractivity contribution in [1.29, 1.82) is 0 Å². The lowest BCUT2D eigenvalue weighted by Gasteiger charge is -2.19. The first-order valence-corrected chi connectivity index (χ1v) is 35.7. The maximum absolute atomic E-state index is 12.5. The van der Waals surface area contributed by atoms with Crippen LogP contribution in [0.25, 0.3) is 0 Å². The smallest absolute Gasteiger partial charge is 0.220 e. The molecule has 0 heterocycles. The molecular weight excluding hydrogens is 939 g/mol. The first-order chi connectivity index (χ1) is 38.2. The molecule has 456 valence electrons. The number of rotatable bonds is 67. The van der Waals surface area contributed by atoms with Crippen molar-refractivity contribution >= 4 is 5.91 Å². The van der Waals surface area contributed by atoms with Crippen LogP contribution in [-0.2, 0) is 4.79 Å². The van der Waals surface area contributed by atoms with Gasteiger partial charge in [0.1, 0.15) is 0 Å². The van der Waals surface area contributed by atoms with Crippen LogP contribution in [-0.4, -0.2) is 34.9 Å². The fourth-order valence-electron chi connectivity index (χ4n) is 11.4. The summed E-state index contributed by atoms with van der Waals surface area (Å²) in [5.74, 6) is -0.0652. The molecule has 0 radical (unpaired) electrons. The average Bonchev–Trinajstić information content (AvgIpc) is 3.43. The minimum Gasteiger partial charge on any atom is -0.394 e. The van der Waals surface area contributed by atoms with E-state index in [4.69, 9.17) is 0 Å². The van der Waals surface area contributed by atoms with Gasteiger partial charge in [0.15, 0.2) is 0 Å². The molecule has 0 rings (SSSR count). The molecular formula is C73H141NO3. The molecule has 0 aliphatic carbocycles. The van der Waals surface area contributed by atoms with Crippen molar-refractivity contribution < 1.29 is 15.0 Å². The number of carbonyl (C=O) groups excluding carboxylic acids is 1. The second-order valence-electron chi connectivity index (χ2n) is 24.6. The summed E-state index contributed by atoms with van der Waals surface area (Å²) >= 11 is 0. The molecule has 1 amide bonds. The average molecular weight is 1080 g/mol. The molecule has 0 bridgehead atoms. The quantitative estimate of drug-likeness (QED) is 0.0420. The highest BCUT2D eigenvalue weighted by molar-refractivity contribution is 5.76. The SMILES string of the molecule is CCCCCCCCCC/C=C\CCCCCCCCCCCCCCCCCCCCCCCC(=O)NC(CO)C(O)/C=C/CC/C=C/CCCCCCCCCCCCCCCCCCCCCCCCCCCC. The Balaban J connectivity index is 3.43. The van der Waals surface area contributed by atoms with Crippen molar-refractivity contribution in [3.8, 4) is 0 Å². The van der Waals surface area contributed by atoms with E-state index in [0.29, 0.717) is 6.42 Å². The third kappa shape index (κ3) is 65.3. The number of unbranched alkanes of at least 4 members (excludes halogenated alkanes) is 56. The Morgan fingerprint density at radius 3 is 0.753 bits per heavy atom. The van der Waals surface area contributed by atoms with Crippen molar-refractivity contribution in [1.82, 2.24) is 5.32 Å². The van der Waals surface area contributed by atoms with Crippen LogP contribution in [0.2, 0.25) is 0 Å². The maximum atomic E-state index is 12.5. The number of amides is 1. The van der Waals surface area contributed by atoms with Gasteiger partial charge in [0.05, 0.1) is 18.8 Å². The number of nitrogens with one attached hydrogen (secondary N) is 1. The van der Waals surface area contributed by atoms with E-state index in [1.807, 2.05) is 6.08 Å². The van der Waals surface area contributed by atoms with Crippen molar-refractivity contribution in [2.24, 2.45) is 0 Å². The number of allylic oxidation sites excluding steroid dienone is 5. The standard InChI is InChI=1S/C73H141NO3/c1-3-5-7-9-11-13-15-17-19-21-23-25-27-29-31-33-35-37-39-41-43-45-47-49-51-53-55-57-59-61-63-65-67-69-73(77)74-71(70-75)72(76)68-66-64-62-60-58-56-54-52-50-48-46-44-42-40-38-36-34-32-30-28-26-24-22-20-18-16-14-12-10-8-6-4-2/h21,23,58,60,66,68,71-72,75-76H,3-20,22,24-57,59,61-65,67,69-70H2,1-2H3,(H,74,77)/b23-21-,60-58+,68-66+. The highest BCUT2D eigenvalue weighted by Crippen LogP contribution is 2.19. The van der Waals surface area contributed by atoms with E-state index in [1.54, 1.807) is 6.08 Å². The van der Waals surface area contributed by atoms with Gasteiger partial charge in [-0.3, -0.25) is 4.79 Å². The highest BCUT2D eigenvalue weighted by atomic mass is 16.3. The normalized spacial score (nSPS) is 12.8. The van der Waals surface area contributed by atoms with Crippen LogP contribution in [0.5, 0.6) is 0 Å². The van der Waals surface area contributed by atoms with Gasteiger partial charge in [-0.05, 0) is 57.8 Å². The van der Waals surface area contributed by atoms with Crippen LogP contribution in [0, 0.1) is 0 Å². The monoisotopic (exact) mass is 1080 g/mol. The van der Waals surface area contributed by atoms with Gasteiger partial charge in [0.25, 0.3) is 0 Å². The van der Waals surface area contributed by atoms with E-state index in [1.165, 1.54) is 353 Å². The lowest BCUT2D eigenvalue weighted by molar-refractivity contribution is -0.123. The third-order valence-electron chi connectivity index (χ3n) is 16.8. The molecule has 0 aromatic carbocycles. The molecule has 0 saturated carbocycles. The minimum atomic E-state index is -0.863. The summed E-state index contributed by atoms with van der Waals surface area (Å²) in [5.41, 5.74) is 0. The van der Waals surface area contributed by atoms with Crippen molar-refractivity contribution in [2.75, 3.05) is 6.61 Å². The Morgan fingerprint density at radius 2 is 0.506 bits per heavy atom. The Labute approximate surface area is 484 Å². The van der Waals surface area contributed by atoms with E-state index in [-0.39, 0.29) is 12.5 Å². The molecule has 0 saturated heterocycles. The van der Waals surface area contributed by atoms with E-state index in [2.05, 4.69) is 43.5 Å². The van der Waals surface area contributed by atoms with Crippen LogP contribution in [0.1, 0.15) is 406 Å². The zero-order valence-corrected chi connectivity index (χ0v) is 52.8. The van der Waals surface area contributed by atoms with Crippen molar-refractivity contribution in [3.63, 3.8) is 0 Å². The molecule has 4 heteroatoms. The molecule has 2 unspecified atom stereocenters. The maximum Gasteiger partial charge on any atom is 0.220 e. The Kier molecular flexibility index (Phi) is 67.6. The van der Waals surface area contributed by atoms with Crippen LogP contribution in [0.15, 0.2) is 36.5 Å². The van der Waals surface area contributed by atoms with Gasteiger partial charge in [-0.25, -0.2) is 0 Å². The topological polar surface area (TPSA) is 69.6 Å². The van der Waals surface area contributed by atoms with Crippen molar-refractivity contribution in [3.05, 3.63) is 36.5 Å². The Morgan fingerprint density at radius 1 is 0.299 bits per heavy atom. The van der Waals surface area contributed by atoms with Crippen LogP contribution < -0.4 is 5.32 Å². The fourth-order valence-corrected chi connectivity index (χ4v) is 11.4.